The molecule has 10 heteroatoms. The van der Waals surface area contributed by atoms with Crippen molar-refractivity contribution in [1.29, 1.82) is 0 Å². The molecule has 0 rings (SSSR count). The van der Waals surface area contributed by atoms with Crippen molar-refractivity contribution < 1.29 is 37.6 Å². The molecule has 31 heavy (non-hydrogen) atoms. The lowest BCUT2D eigenvalue weighted by molar-refractivity contribution is -0.124. The fraction of sp³-hybridized carbons (Fsp3) is 0.952. The first-order valence-corrected chi connectivity index (χ1v) is 11.1. The summed E-state index contributed by atoms with van der Waals surface area (Å²) in [7, 11) is 1.88. The Balaban J connectivity index is 3.19. The second-order valence-electron chi connectivity index (χ2n) is 6.89. The number of alkyl halides is 1. The van der Waals surface area contributed by atoms with Crippen molar-refractivity contribution >= 4 is 5.91 Å². The van der Waals surface area contributed by atoms with E-state index in [4.69, 9.17) is 28.4 Å². The number of likely N-dealkylation sites (N-methyl/N-ethyl adjacent to an activating group) is 1. The average Bonchev–Trinajstić information content (AvgIpc) is 2.78. The van der Waals surface area contributed by atoms with Crippen LogP contribution in [0.1, 0.15) is 20.3 Å². The lowest BCUT2D eigenvalue weighted by atomic mass is 10.1. The Bertz CT molecular complexity index is 395. The molecule has 0 heterocycles. The minimum Gasteiger partial charge on any atom is -0.378 e. The number of nitrogens with one attached hydrogen (secondary N) is 2. The molecule has 0 radical (unpaired) electrons. The van der Waals surface area contributed by atoms with Gasteiger partial charge < -0.3 is 39.1 Å². The van der Waals surface area contributed by atoms with E-state index in [1.165, 1.54) is 0 Å². The standard InChI is InChI=1S/C21H43FN2O7/c1-4-19(2)21(25)24-17-20(22)18-31-16-15-30-14-13-29-12-11-28-10-9-27-8-7-26-6-5-23-3/h19-20,23H,4-18H2,1-3H3,(H,24,25). The third-order valence-corrected chi connectivity index (χ3v) is 4.21. The van der Waals surface area contributed by atoms with Gasteiger partial charge in [0.1, 0.15) is 6.17 Å². The molecule has 186 valence electrons. The maximum absolute atomic E-state index is 13.6. The van der Waals surface area contributed by atoms with E-state index in [-0.39, 0.29) is 25.0 Å². The Labute approximate surface area is 186 Å². The Morgan fingerprint density at radius 1 is 0.774 bits per heavy atom. The van der Waals surface area contributed by atoms with Gasteiger partial charge in [-0.05, 0) is 13.5 Å². The number of hydrogen-bond acceptors (Lipinski definition) is 8. The van der Waals surface area contributed by atoms with Gasteiger partial charge in [0.2, 0.25) is 5.91 Å². The SMILES string of the molecule is CCC(C)C(=O)NCC(F)COCCOCCOCCOCCOCCOCCNC. The van der Waals surface area contributed by atoms with Gasteiger partial charge in [0, 0.05) is 12.5 Å². The number of ether oxygens (including phenoxy) is 6. The molecule has 0 aromatic carbocycles. The lowest BCUT2D eigenvalue weighted by Crippen LogP contribution is -2.35. The number of hydrogen-bond donors (Lipinski definition) is 2. The minimum absolute atomic E-state index is 0.0303. The fourth-order valence-electron chi connectivity index (χ4n) is 2.11. The van der Waals surface area contributed by atoms with Crippen molar-refractivity contribution in [3.8, 4) is 0 Å². The minimum atomic E-state index is -1.22. The van der Waals surface area contributed by atoms with Gasteiger partial charge >= 0.3 is 0 Å². The number of halogens is 1. The Kier molecular flexibility index (Phi) is 23.1. The smallest absolute Gasteiger partial charge is 0.222 e. The molecule has 0 saturated carbocycles. The molecule has 0 aromatic rings. The van der Waals surface area contributed by atoms with E-state index < -0.39 is 6.17 Å². The van der Waals surface area contributed by atoms with Crippen molar-refractivity contribution in [2.24, 2.45) is 5.92 Å². The van der Waals surface area contributed by atoms with Crippen LogP contribution < -0.4 is 10.6 Å². The van der Waals surface area contributed by atoms with Crippen LogP contribution in [0.25, 0.3) is 0 Å². The maximum atomic E-state index is 13.6. The van der Waals surface area contributed by atoms with Crippen molar-refractivity contribution in [1.82, 2.24) is 10.6 Å². The molecule has 1 amide bonds. The second-order valence-corrected chi connectivity index (χ2v) is 6.89. The largest absolute Gasteiger partial charge is 0.378 e. The Morgan fingerprint density at radius 2 is 1.19 bits per heavy atom. The monoisotopic (exact) mass is 454 g/mol. The van der Waals surface area contributed by atoms with Gasteiger partial charge in [-0.25, -0.2) is 4.39 Å². The summed E-state index contributed by atoms with van der Waals surface area (Å²) in [5.74, 6) is -0.235. The maximum Gasteiger partial charge on any atom is 0.222 e. The fourth-order valence-corrected chi connectivity index (χ4v) is 2.11. The van der Waals surface area contributed by atoms with Crippen LogP contribution in [0, 0.1) is 5.92 Å². The molecule has 0 aromatic heterocycles. The normalized spacial score (nSPS) is 13.3. The third-order valence-electron chi connectivity index (χ3n) is 4.21. The molecular formula is C21H43FN2O7. The highest BCUT2D eigenvalue weighted by atomic mass is 19.1. The van der Waals surface area contributed by atoms with E-state index in [0.717, 1.165) is 13.0 Å². The summed E-state index contributed by atoms with van der Waals surface area (Å²) in [4.78, 5) is 11.6. The van der Waals surface area contributed by atoms with E-state index in [2.05, 4.69) is 10.6 Å². The van der Waals surface area contributed by atoms with Gasteiger partial charge in [-0.1, -0.05) is 13.8 Å². The summed E-state index contributed by atoms with van der Waals surface area (Å²) < 4.78 is 45.7. The van der Waals surface area contributed by atoms with Crippen LogP contribution in [0.4, 0.5) is 4.39 Å². The highest BCUT2D eigenvalue weighted by Crippen LogP contribution is 2.00. The molecule has 0 bridgehead atoms. The summed E-state index contributed by atoms with van der Waals surface area (Å²) >= 11 is 0. The first kappa shape index (κ1) is 30.1. The van der Waals surface area contributed by atoms with Crippen LogP contribution in [0.3, 0.4) is 0 Å². The molecule has 0 spiro atoms. The van der Waals surface area contributed by atoms with Gasteiger partial charge in [0.25, 0.3) is 0 Å². The summed E-state index contributed by atoms with van der Waals surface area (Å²) in [5.41, 5.74) is 0. The third kappa shape index (κ3) is 22.1. The van der Waals surface area contributed by atoms with Crippen molar-refractivity contribution in [2.75, 3.05) is 99.4 Å². The molecule has 0 fully saturated rings. The molecule has 0 aliphatic carbocycles. The van der Waals surface area contributed by atoms with Crippen molar-refractivity contribution in [3.63, 3.8) is 0 Å². The molecule has 0 aliphatic rings. The van der Waals surface area contributed by atoms with E-state index in [1.807, 2.05) is 20.9 Å². The molecule has 9 nitrogen and oxygen atoms in total. The van der Waals surface area contributed by atoms with Gasteiger partial charge in [0.05, 0.1) is 85.8 Å². The highest BCUT2D eigenvalue weighted by molar-refractivity contribution is 5.78. The summed E-state index contributed by atoms with van der Waals surface area (Å²) in [6.45, 7) is 9.88. The van der Waals surface area contributed by atoms with Crippen molar-refractivity contribution in [3.05, 3.63) is 0 Å². The van der Waals surface area contributed by atoms with E-state index in [0.29, 0.717) is 72.7 Å². The van der Waals surface area contributed by atoms with Gasteiger partial charge in [0.15, 0.2) is 0 Å². The van der Waals surface area contributed by atoms with Gasteiger partial charge in [-0.2, -0.15) is 0 Å². The van der Waals surface area contributed by atoms with Gasteiger partial charge in [-0.3, -0.25) is 4.79 Å². The lowest BCUT2D eigenvalue weighted by Gasteiger charge is -2.13. The Hall–Kier alpha value is -0.880. The van der Waals surface area contributed by atoms with E-state index in [9.17, 15) is 9.18 Å². The van der Waals surface area contributed by atoms with Crippen LogP contribution in [0.15, 0.2) is 0 Å². The highest BCUT2D eigenvalue weighted by Gasteiger charge is 2.13. The zero-order chi connectivity index (χ0) is 23.0. The predicted octanol–water partition coefficient (Wildman–Crippen LogP) is 0.806. The van der Waals surface area contributed by atoms with E-state index >= 15 is 0 Å². The Morgan fingerprint density at radius 3 is 1.61 bits per heavy atom. The zero-order valence-corrected chi connectivity index (χ0v) is 19.5. The molecule has 2 atom stereocenters. The second kappa shape index (κ2) is 23.8. The zero-order valence-electron chi connectivity index (χ0n) is 19.5. The van der Waals surface area contributed by atoms with Crippen LogP contribution in [0.5, 0.6) is 0 Å². The van der Waals surface area contributed by atoms with Crippen LogP contribution >= 0.6 is 0 Å². The molecule has 2 N–H and O–H groups in total. The molecule has 0 aliphatic heterocycles. The number of amides is 1. The summed E-state index contributed by atoms with van der Waals surface area (Å²) in [6.07, 6.45) is -0.491. The molecular weight excluding hydrogens is 411 g/mol. The predicted molar refractivity (Wildman–Crippen MR) is 116 cm³/mol. The van der Waals surface area contributed by atoms with Gasteiger partial charge in [-0.15, -0.1) is 0 Å². The average molecular weight is 455 g/mol. The quantitative estimate of drug-likeness (QED) is 0.207. The topological polar surface area (TPSA) is 96.5 Å². The first-order valence-electron chi connectivity index (χ1n) is 11.1. The first-order chi connectivity index (χ1) is 15.1. The van der Waals surface area contributed by atoms with Crippen LogP contribution in [0.2, 0.25) is 0 Å². The van der Waals surface area contributed by atoms with Crippen LogP contribution in [-0.2, 0) is 33.2 Å². The van der Waals surface area contributed by atoms with E-state index in [1.54, 1.807) is 0 Å². The van der Waals surface area contributed by atoms with Crippen LogP contribution in [-0.4, -0.2) is 111 Å². The van der Waals surface area contributed by atoms with Crippen molar-refractivity contribution in [2.45, 2.75) is 26.4 Å². The summed E-state index contributed by atoms with van der Waals surface area (Å²) in [6, 6.07) is 0. The molecule has 2 unspecified atom stereocenters. The number of carbonyl (C=O) groups is 1. The molecule has 0 saturated heterocycles. The number of rotatable bonds is 24. The summed E-state index contributed by atoms with van der Waals surface area (Å²) in [5, 5.41) is 5.58. The number of carbonyl (C=O) groups excluding carboxylic acids is 1.